The van der Waals surface area contributed by atoms with Gasteiger partial charge in [-0.1, -0.05) is 6.07 Å². The number of ether oxygens (including phenoxy) is 1. The summed E-state index contributed by atoms with van der Waals surface area (Å²) < 4.78 is 7.50. The average molecular weight is 344 g/mol. The van der Waals surface area contributed by atoms with Crippen molar-refractivity contribution in [3.8, 4) is 0 Å². The van der Waals surface area contributed by atoms with E-state index < -0.39 is 0 Å². The summed E-state index contributed by atoms with van der Waals surface area (Å²) in [5.74, 6) is 0. The van der Waals surface area contributed by atoms with Crippen LogP contribution in [0.1, 0.15) is 37.3 Å². The Hall–Kier alpha value is -1.92. The molecular formula is C18H24N4OS. The molecule has 128 valence electrons. The highest BCUT2D eigenvalue weighted by Crippen LogP contribution is 2.39. The van der Waals surface area contributed by atoms with Crippen LogP contribution in [0.4, 0.5) is 0 Å². The highest BCUT2D eigenvalue weighted by atomic mass is 32.1. The summed E-state index contributed by atoms with van der Waals surface area (Å²) in [4.78, 5) is 6.83. The molecule has 0 aliphatic carbocycles. The monoisotopic (exact) mass is 344 g/mol. The van der Waals surface area contributed by atoms with Crippen molar-refractivity contribution in [1.29, 1.82) is 0 Å². The molecule has 1 saturated heterocycles. The zero-order chi connectivity index (χ0) is 17.1. The Labute approximate surface area is 148 Å². The van der Waals surface area contributed by atoms with Crippen LogP contribution >= 0.6 is 12.2 Å². The number of methoxy groups -OCH3 is 1. The predicted molar refractivity (Wildman–Crippen MR) is 98.7 cm³/mol. The van der Waals surface area contributed by atoms with Crippen molar-refractivity contribution in [2.24, 2.45) is 0 Å². The standard InChI is InChI=1S/C18H24N4OS/c1-13(2)22-17(15-8-6-10-21(15)11-12-23-3)16(20-18(22)24)14-7-4-5-9-19-14/h4-10,13,16-17H,11-12H2,1-3H3,(H,20,24)/t16-,17+/m0/s1. The molecule has 1 aliphatic rings. The van der Waals surface area contributed by atoms with Crippen LogP contribution in [0.2, 0.25) is 0 Å². The van der Waals surface area contributed by atoms with E-state index in [1.165, 1.54) is 5.69 Å². The first kappa shape index (κ1) is 16.9. The predicted octanol–water partition coefficient (Wildman–Crippen LogP) is 2.91. The molecule has 0 amide bonds. The normalized spacial score (nSPS) is 20.7. The van der Waals surface area contributed by atoms with Crippen LogP contribution in [0.15, 0.2) is 42.7 Å². The van der Waals surface area contributed by atoms with E-state index in [1.54, 1.807) is 7.11 Å². The maximum Gasteiger partial charge on any atom is 0.170 e. The third-order valence-corrected chi connectivity index (χ3v) is 4.72. The second kappa shape index (κ2) is 7.32. The van der Waals surface area contributed by atoms with E-state index in [4.69, 9.17) is 17.0 Å². The van der Waals surface area contributed by atoms with Gasteiger partial charge in [0.25, 0.3) is 0 Å². The first-order valence-electron chi connectivity index (χ1n) is 8.27. The molecule has 1 N–H and O–H groups in total. The minimum absolute atomic E-state index is 0.0392. The van der Waals surface area contributed by atoms with Crippen LogP contribution in [-0.4, -0.2) is 39.3 Å². The minimum atomic E-state index is 0.0392. The van der Waals surface area contributed by atoms with E-state index in [9.17, 15) is 0 Å². The van der Waals surface area contributed by atoms with E-state index in [2.05, 4.69) is 58.0 Å². The van der Waals surface area contributed by atoms with Crippen LogP contribution in [0.3, 0.4) is 0 Å². The van der Waals surface area contributed by atoms with Crippen LogP contribution in [0.25, 0.3) is 0 Å². The molecule has 1 aliphatic heterocycles. The van der Waals surface area contributed by atoms with Crippen LogP contribution in [-0.2, 0) is 11.3 Å². The van der Waals surface area contributed by atoms with E-state index >= 15 is 0 Å². The summed E-state index contributed by atoms with van der Waals surface area (Å²) in [6, 6.07) is 10.7. The molecule has 0 unspecified atom stereocenters. The number of thiocarbonyl (C=S) groups is 1. The Morgan fingerprint density at radius 2 is 2.12 bits per heavy atom. The highest BCUT2D eigenvalue weighted by molar-refractivity contribution is 7.80. The van der Waals surface area contributed by atoms with Gasteiger partial charge in [0.2, 0.25) is 0 Å². The molecule has 6 heteroatoms. The first-order chi connectivity index (χ1) is 11.6. The summed E-state index contributed by atoms with van der Waals surface area (Å²) in [6.07, 6.45) is 3.93. The molecule has 0 saturated carbocycles. The number of aromatic nitrogens is 2. The number of nitrogens with one attached hydrogen (secondary N) is 1. The van der Waals surface area contributed by atoms with Crippen molar-refractivity contribution in [2.45, 2.75) is 38.5 Å². The van der Waals surface area contributed by atoms with Gasteiger partial charge in [-0.2, -0.15) is 0 Å². The van der Waals surface area contributed by atoms with Gasteiger partial charge in [0, 0.05) is 37.8 Å². The van der Waals surface area contributed by atoms with E-state index in [1.807, 2.05) is 18.3 Å². The lowest BCUT2D eigenvalue weighted by atomic mass is 10.0. The van der Waals surface area contributed by atoms with Crippen molar-refractivity contribution in [2.75, 3.05) is 13.7 Å². The number of rotatable bonds is 6. The molecule has 24 heavy (non-hydrogen) atoms. The second-order valence-corrected chi connectivity index (χ2v) is 6.63. The Morgan fingerprint density at radius 1 is 1.29 bits per heavy atom. The van der Waals surface area contributed by atoms with Gasteiger partial charge in [0.15, 0.2) is 5.11 Å². The number of pyridine rings is 1. The average Bonchev–Trinajstić information content (AvgIpc) is 3.17. The molecule has 2 aromatic heterocycles. The topological polar surface area (TPSA) is 42.3 Å². The number of hydrogen-bond acceptors (Lipinski definition) is 3. The Balaban J connectivity index is 2.01. The summed E-state index contributed by atoms with van der Waals surface area (Å²) in [5.41, 5.74) is 2.23. The van der Waals surface area contributed by atoms with Gasteiger partial charge in [0.1, 0.15) is 0 Å². The quantitative estimate of drug-likeness (QED) is 0.816. The van der Waals surface area contributed by atoms with Gasteiger partial charge in [-0.05, 0) is 50.3 Å². The molecule has 2 atom stereocenters. The third kappa shape index (κ3) is 3.16. The van der Waals surface area contributed by atoms with Gasteiger partial charge in [-0.3, -0.25) is 4.98 Å². The van der Waals surface area contributed by atoms with Crippen molar-refractivity contribution < 1.29 is 4.74 Å². The zero-order valence-electron chi connectivity index (χ0n) is 14.3. The van der Waals surface area contributed by atoms with Crippen molar-refractivity contribution in [3.05, 3.63) is 54.1 Å². The summed E-state index contributed by atoms with van der Waals surface area (Å²) in [5, 5.41) is 4.26. The van der Waals surface area contributed by atoms with Gasteiger partial charge in [-0.15, -0.1) is 0 Å². The lowest BCUT2D eigenvalue weighted by molar-refractivity contribution is 0.182. The second-order valence-electron chi connectivity index (χ2n) is 6.25. The van der Waals surface area contributed by atoms with E-state index in [0.29, 0.717) is 12.6 Å². The summed E-state index contributed by atoms with van der Waals surface area (Å²) >= 11 is 5.63. The fourth-order valence-corrected chi connectivity index (χ4v) is 3.78. The van der Waals surface area contributed by atoms with Gasteiger partial charge in [0.05, 0.1) is 24.4 Å². The Kier molecular flexibility index (Phi) is 5.16. The Bertz CT molecular complexity index is 685. The lowest BCUT2D eigenvalue weighted by Gasteiger charge is -2.31. The maximum atomic E-state index is 5.63. The molecule has 3 rings (SSSR count). The molecular weight excluding hydrogens is 320 g/mol. The minimum Gasteiger partial charge on any atom is -0.383 e. The molecule has 2 aromatic rings. The molecule has 3 heterocycles. The van der Waals surface area contributed by atoms with E-state index in [-0.39, 0.29) is 12.1 Å². The van der Waals surface area contributed by atoms with Crippen LogP contribution in [0, 0.1) is 0 Å². The van der Waals surface area contributed by atoms with Crippen LogP contribution in [0.5, 0.6) is 0 Å². The molecule has 1 fully saturated rings. The van der Waals surface area contributed by atoms with Gasteiger partial charge < -0.3 is 19.5 Å². The van der Waals surface area contributed by atoms with Crippen molar-refractivity contribution >= 4 is 17.3 Å². The van der Waals surface area contributed by atoms with Gasteiger partial charge >= 0.3 is 0 Å². The van der Waals surface area contributed by atoms with Crippen molar-refractivity contribution in [3.63, 3.8) is 0 Å². The first-order valence-corrected chi connectivity index (χ1v) is 8.68. The van der Waals surface area contributed by atoms with Crippen molar-refractivity contribution in [1.82, 2.24) is 19.8 Å². The largest absolute Gasteiger partial charge is 0.383 e. The Morgan fingerprint density at radius 3 is 2.79 bits per heavy atom. The fourth-order valence-electron chi connectivity index (χ4n) is 3.33. The zero-order valence-corrected chi connectivity index (χ0v) is 15.2. The SMILES string of the molecule is COCCn1cccc1[C@@H]1[C@H](c2ccccn2)NC(=S)N1C(C)C. The third-order valence-electron chi connectivity index (χ3n) is 4.40. The lowest BCUT2D eigenvalue weighted by Crippen LogP contribution is -2.36. The molecule has 0 bridgehead atoms. The van der Waals surface area contributed by atoms with E-state index in [0.717, 1.165) is 17.4 Å². The molecule has 5 nitrogen and oxygen atoms in total. The molecule has 0 spiro atoms. The highest BCUT2D eigenvalue weighted by Gasteiger charge is 2.42. The maximum absolute atomic E-state index is 5.63. The molecule has 0 radical (unpaired) electrons. The van der Waals surface area contributed by atoms with Gasteiger partial charge in [-0.25, -0.2) is 0 Å². The number of nitrogens with zero attached hydrogens (tertiary/aromatic N) is 3. The number of hydrogen-bond donors (Lipinski definition) is 1. The summed E-state index contributed by atoms with van der Waals surface area (Å²) in [6.45, 7) is 5.85. The summed E-state index contributed by atoms with van der Waals surface area (Å²) in [7, 11) is 1.73. The van der Waals surface area contributed by atoms with Crippen LogP contribution < -0.4 is 5.32 Å². The fraction of sp³-hybridized carbons (Fsp3) is 0.444. The smallest absolute Gasteiger partial charge is 0.170 e. The molecule has 0 aromatic carbocycles.